The van der Waals surface area contributed by atoms with E-state index < -0.39 is 29.7 Å². The van der Waals surface area contributed by atoms with Crippen molar-refractivity contribution in [3.05, 3.63) is 0 Å². The van der Waals surface area contributed by atoms with E-state index in [0.717, 1.165) is 6.92 Å². The van der Waals surface area contributed by atoms with E-state index in [1.54, 1.807) is 0 Å². The first-order valence-corrected chi connectivity index (χ1v) is 2.99. The molecule has 12 heavy (non-hydrogen) atoms. The van der Waals surface area contributed by atoms with Crippen LogP contribution in [0.15, 0.2) is 0 Å². The number of hydrogen-bond acceptors (Lipinski definition) is 4. The molecule has 6 heteroatoms. The number of aliphatic hydroxyl groups is 1. The molecule has 0 rings (SSSR count). The summed E-state index contributed by atoms with van der Waals surface area (Å²) in [4.78, 5) is 30.6. The molecule has 0 amide bonds. The topological polar surface area (TPSA) is 112 Å². The summed E-state index contributed by atoms with van der Waals surface area (Å²) in [6, 6.07) is 0. The molecule has 0 aliphatic rings. The molecule has 0 bridgehead atoms. The van der Waals surface area contributed by atoms with Crippen LogP contribution in [0.1, 0.15) is 13.3 Å². The molecule has 0 aliphatic carbocycles. The van der Waals surface area contributed by atoms with E-state index in [1.807, 2.05) is 0 Å². The van der Waals surface area contributed by atoms with Crippen LogP contribution in [0, 0.1) is 0 Å². The standard InChI is InChI=1S/C6H8O6/c1-6(12,5(10)11)2-3(7)4(8)9/h12H,2H2,1H3,(H,8,9)(H,10,11). The molecular weight excluding hydrogens is 168 g/mol. The molecule has 0 aromatic heterocycles. The van der Waals surface area contributed by atoms with Crippen LogP contribution in [0.5, 0.6) is 0 Å². The van der Waals surface area contributed by atoms with E-state index >= 15 is 0 Å². The fraction of sp³-hybridized carbons (Fsp3) is 0.500. The molecule has 6 nitrogen and oxygen atoms in total. The summed E-state index contributed by atoms with van der Waals surface area (Å²) in [5.74, 6) is -4.71. The Morgan fingerprint density at radius 2 is 1.67 bits per heavy atom. The number of ketones is 1. The average Bonchev–Trinajstić information content (AvgIpc) is 1.85. The monoisotopic (exact) mass is 176 g/mol. The number of carbonyl (C=O) groups excluding carboxylic acids is 1. The molecule has 0 fully saturated rings. The van der Waals surface area contributed by atoms with Crippen LogP contribution >= 0.6 is 0 Å². The van der Waals surface area contributed by atoms with Gasteiger partial charge in [0.25, 0.3) is 0 Å². The zero-order valence-electron chi connectivity index (χ0n) is 6.27. The van der Waals surface area contributed by atoms with Crippen molar-refractivity contribution in [3.63, 3.8) is 0 Å². The Kier molecular flexibility index (Phi) is 2.92. The van der Waals surface area contributed by atoms with Gasteiger partial charge in [0.05, 0.1) is 6.42 Å². The zero-order valence-corrected chi connectivity index (χ0v) is 6.27. The minimum atomic E-state index is -2.31. The maximum Gasteiger partial charge on any atom is 0.372 e. The maximum atomic E-state index is 10.4. The molecule has 0 heterocycles. The minimum Gasteiger partial charge on any atom is -0.479 e. The van der Waals surface area contributed by atoms with Gasteiger partial charge in [0.1, 0.15) is 0 Å². The fourth-order valence-corrected chi connectivity index (χ4v) is 0.464. The van der Waals surface area contributed by atoms with Gasteiger partial charge in [-0.3, -0.25) is 4.79 Å². The van der Waals surface area contributed by atoms with E-state index in [1.165, 1.54) is 0 Å². The van der Waals surface area contributed by atoms with E-state index in [0.29, 0.717) is 0 Å². The summed E-state index contributed by atoms with van der Waals surface area (Å²) in [7, 11) is 0. The molecule has 1 atom stereocenters. The molecule has 0 spiro atoms. The summed E-state index contributed by atoms with van der Waals surface area (Å²) in [6.45, 7) is 0.857. The van der Waals surface area contributed by atoms with Gasteiger partial charge in [0.15, 0.2) is 5.60 Å². The Balaban J connectivity index is 4.35. The Bertz CT molecular complexity index is 228. The van der Waals surface area contributed by atoms with Crippen LogP contribution in [-0.4, -0.2) is 38.6 Å². The third-order valence-electron chi connectivity index (χ3n) is 1.20. The SMILES string of the molecule is CC(O)(CC(=O)C(=O)O)C(=O)O. The van der Waals surface area contributed by atoms with Crippen molar-refractivity contribution in [1.82, 2.24) is 0 Å². The van der Waals surface area contributed by atoms with Gasteiger partial charge in [-0.1, -0.05) is 0 Å². The van der Waals surface area contributed by atoms with Crippen molar-refractivity contribution in [2.45, 2.75) is 18.9 Å². The predicted molar refractivity (Wildman–Crippen MR) is 35.5 cm³/mol. The van der Waals surface area contributed by atoms with Crippen molar-refractivity contribution in [3.8, 4) is 0 Å². The quantitative estimate of drug-likeness (QED) is 0.467. The lowest BCUT2D eigenvalue weighted by molar-refractivity contribution is -0.162. The van der Waals surface area contributed by atoms with Gasteiger partial charge >= 0.3 is 11.9 Å². The molecule has 68 valence electrons. The van der Waals surface area contributed by atoms with Crippen LogP contribution in [0.4, 0.5) is 0 Å². The van der Waals surface area contributed by atoms with Crippen molar-refractivity contribution in [1.29, 1.82) is 0 Å². The lowest BCUT2D eigenvalue weighted by atomic mass is 10.00. The smallest absolute Gasteiger partial charge is 0.372 e. The molecule has 0 aromatic carbocycles. The lowest BCUT2D eigenvalue weighted by Crippen LogP contribution is -2.38. The number of carboxylic acid groups (broad SMARTS) is 2. The number of carbonyl (C=O) groups is 3. The normalized spacial score (nSPS) is 14.8. The second kappa shape index (κ2) is 3.31. The number of aliphatic carboxylic acids is 2. The van der Waals surface area contributed by atoms with E-state index in [-0.39, 0.29) is 0 Å². The van der Waals surface area contributed by atoms with Crippen LogP contribution in [-0.2, 0) is 14.4 Å². The average molecular weight is 176 g/mol. The van der Waals surface area contributed by atoms with Gasteiger partial charge < -0.3 is 15.3 Å². The number of carboxylic acids is 2. The third-order valence-corrected chi connectivity index (χ3v) is 1.20. The van der Waals surface area contributed by atoms with Gasteiger partial charge in [0, 0.05) is 0 Å². The summed E-state index contributed by atoms with van der Waals surface area (Å²) in [5.41, 5.74) is -2.31. The number of Topliss-reactive ketones (excluding diaryl/α,β-unsaturated/α-hetero) is 1. The van der Waals surface area contributed by atoms with E-state index in [9.17, 15) is 14.4 Å². The third kappa shape index (κ3) is 2.67. The fourth-order valence-electron chi connectivity index (χ4n) is 0.464. The Morgan fingerprint density at radius 3 is 1.92 bits per heavy atom. The first-order valence-electron chi connectivity index (χ1n) is 2.99. The highest BCUT2D eigenvalue weighted by atomic mass is 16.4. The maximum absolute atomic E-state index is 10.4. The van der Waals surface area contributed by atoms with Crippen molar-refractivity contribution >= 4 is 17.7 Å². The summed E-state index contributed by atoms with van der Waals surface area (Å²) < 4.78 is 0. The number of rotatable bonds is 4. The Hall–Kier alpha value is -1.43. The summed E-state index contributed by atoms with van der Waals surface area (Å²) >= 11 is 0. The van der Waals surface area contributed by atoms with Crippen LogP contribution in [0.2, 0.25) is 0 Å². The second-order valence-electron chi connectivity index (χ2n) is 2.48. The highest BCUT2D eigenvalue weighted by Gasteiger charge is 2.34. The largest absolute Gasteiger partial charge is 0.479 e. The summed E-state index contributed by atoms with van der Waals surface area (Å²) in [6.07, 6.45) is -0.933. The molecule has 0 aromatic rings. The van der Waals surface area contributed by atoms with Crippen molar-refractivity contribution in [2.24, 2.45) is 0 Å². The van der Waals surface area contributed by atoms with E-state index in [2.05, 4.69) is 0 Å². The van der Waals surface area contributed by atoms with Gasteiger partial charge in [-0.2, -0.15) is 0 Å². The first-order chi connectivity index (χ1) is 5.27. The van der Waals surface area contributed by atoms with Crippen molar-refractivity contribution in [2.75, 3.05) is 0 Å². The molecule has 0 saturated carbocycles. The number of hydrogen-bond donors (Lipinski definition) is 3. The molecule has 1 unspecified atom stereocenters. The molecule has 0 saturated heterocycles. The highest BCUT2D eigenvalue weighted by molar-refractivity contribution is 6.33. The van der Waals surface area contributed by atoms with Crippen LogP contribution < -0.4 is 0 Å². The molecule has 0 aliphatic heterocycles. The van der Waals surface area contributed by atoms with Gasteiger partial charge in [-0.25, -0.2) is 9.59 Å². The molecule has 0 radical (unpaired) electrons. The molecular formula is C6H8O6. The molecule has 3 N–H and O–H groups in total. The Labute approximate surface area is 67.4 Å². The van der Waals surface area contributed by atoms with Gasteiger partial charge in [-0.15, -0.1) is 0 Å². The van der Waals surface area contributed by atoms with Gasteiger partial charge in [0.2, 0.25) is 5.78 Å². The Morgan fingerprint density at radius 1 is 1.25 bits per heavy atom. The highest BCUT2D eigenvalue weighted by Crippen LogP contribution is 2.09. The van der Waals surface area contributed by atoms with E-state index in [4.69, 9.17) is 15.3 Å². The second-order valence-corrected chi connectivity index (χ2v) is 2.48. The summed E-state index contributed by atoms with van der Waals surface area (Å²) in [5, 5.41) is 25.3. The zero-order chi connectivity index (χ0) is 9.94. The van der Waals surface area contributed by atoms with Crippen molar-refractivity contribution < 1.29 is 29.7 Å². The van der Waals surface area contributed by atoms with Crippen LogP contribution in [0.25, 0.3) is 0 Å². The minimum absolute atomic E-state index is 0.857. The van der Waals surface area contributed by atoms with Gasteiger partial charge in [-0.05, 0) is 6.92 Å². The first kappa shape index (κ1) is 10.6. The van der Waals surface area contributed by atoms with Crippen LogP contribution in [0.3, 0.4) is 0 Å². The lowest BCUT2D eigenvalue weighted by Gasteiger charge is -2.14. The predicted octanol–water partition coefficient (Wildman–Crippen LogP) is -1.13.